The summed E-state index contributed by atoms with van der Waals surface area (Å²) >= 11 is 0. The first kappa shape index (κ1) is 22.7. The Bertz CT molecular complexity index is 1170. The number of carbonyl (C=O) groups is 1. The number of aromatic nitrogens is 1. The minimum absolute atomic E-state index is 0.189. The summed E-state index contributed by atoms with van der Waals surface area (Å²) in [7, 11) is 0. The minimum atomic E-state index is -1.29. The number of halogens is 1. The van der Waals surface area contributed by atoms with Crippen LogP contribution in [0.25, 0.3) is 10.9 Å². The van der Waals surface area contributed by atoms with Gasteiger partial charge in [0.2, 0.25) is 5.43 Å². The molecule has 0 bridgehead atoms. The van der Waals surface area contributed by atoms with Gasteiger partial charge in [-0.1, -0.05) is 32.9 Å². The van der Waals surface area contributed by atoms with E-state index in [1.807, 2.05) is 33.8 Å². The van der Waals surface area contributed by atoms with Gasteiger partial charge in [-0.2, -0.15) is 0 Å². The predicted molar refractivity (Wildman–Crippen MR) is 119 cm³/mol. The van der Waals surface area contributed by atoms with Crippen molar-refractivity contribution >= 4 is 16.9 Å². The molecule has 1 heterocycles. The predicted octanol–water partition coefficient (Wildman–Crippen LogP) is 4.51. The van der Waals surface area contributed by atoms with Gasteiger partial charge in [0.15, 0.2) is 0 Å². The first-order valence-electron chi connectivity index (χ1n) is 10.3. The summed E-state index contributed by atoms with van der Waals surface area (Å²) in [5.74, 6) is -1.58. The number of aliphatic hydroxyl groups excluding tert-OH is 1. The van der Waals surface area contributed by atoms with Crippen LogP contribution < -0.4 is 5.43 Å². The zero-order chi connectivity index (χ0) is 22.9. The Morgan fingerprint density at radius 3 is 2.32 bits per heavy atom. The van der Waals surface area contributed by atoms with Crippen molar-refractivity contribution in [3.8, 4) is 0 Å². The molecule has 31 heavy (non-hydrogen) atoms. The van der Waals surface area contributed by atoms with Crippen LogP contribution >= 0.6 is 0 Å². The number of pyridine rings is 1. The average molecular weight is 426 g/mol. The number of fused-ring (bicyclic) bond motifs is 1. The molecule has 3 rings (SSSR count). The average Bonchev–Trinajstić information content (AvgIpc) is 2.69. The first-order valence-corrected chi connectivity index (χ1v) is 10.3. The van der Waals surface area contributed by atoms with E-state index in [-0.39, 0.29) is 23.4 Å². The molecule has 0 fully saturated rings. The largest absolute Gasteiger partial charge is 0.477 e. The van der Waals surface area contributed by atoms with Gasteiger partial charge in [-0.15, -0.1) is 0 Å². The van der Waals surface area contributed by atoms with Crippen LogP contribution in [0.15, 0.2) is 47.4 Å². The Morgan fingerprint density at radius 2 is 1.77 bits per heavy atom. The van der Waals surface area contributed by atoms with Gasteiger partial charge in [0, 0.05) is 11.6 Å². The monoisotopic (exact) mass is 425 g/mol. The molecule has 0 radical (unpaired) electrons. The van der Waals surface area contributed by atoms with Gasteiger partial charge in [-0.3, -0.25) is 4.79 Å². The van der Waals surface area contributed by atoms with Crippen molar-refractivity contribution in [1.29, 1.82) is 0 Å². The zero-order valence-corrected chi connectivity index (χ0v) is 18.3. The second-order valence-electron chi connectivity index (χ2n) is 9.07. The van der Waals surface area contributed by atoms with Crippen LogP contribution in [0.2, 0.25) is 0 Å². The van der Waals surface area contributed by atoms with E-state index in [0.717, 1.165) is 16.7 Å². The van der Waals surface area contributed by atoms with E-state index < -0.39 is 17.4 Å². The van der Waals surface area contributed by atoms with Crippen LogP contribution in [0, 0.1) is 18.2 Å². The number of carboxylic acids is 1. The summed E-state index contributed by atoms with van der Waals surface area (Å²) in [4.78, 5) is 24.7. The third-order valence-corrected chi connectivity index (χ3v) is 5.82. The molecule has 3 aromatic rings. The third kappa shape index (κ3) is 4.69. The lowest BCUT2D eigenvalue weighted by atomic mass is 9.86. The van der Waals surface area contributed by atoms with Gasteiger partial charge >= 0.3 is 5.97 Å². The topological polar surface area (TPSA) is 79.5 Å². The summed E-state index contributed by atoms with van der Waals surface area (Å²) in [6.07, 6.45) is 2.64. The number of hydrogen-bond donors (Lipinski definition) is 2. The number of benzene rings is 2. The second-order valence-corrected chi connectivity index (χ2v) is 9.07. The Hall–Kier alpha value is -2.99. The maximum atomic E-state index is 13.1. The Morgan fingerprint density at radius 1 is 1.13 bits per heavy atom. The fraction of sp³-hybridized carbons (Fsp3) is 0.360. The van der Waals surface area contributed by atoms with Crippen LogP contribution in [0.5, 0.6) is 0 Å². The molecule has 0 unspecified atom stereocenters. The van der Waals surface area contributed by atoms with Crippen LogP contribution in [0.3, 0.4) is 0 Å². The van der Waals surface area contributed by atoms with E-state index in [0.29, 0.717) is 23.7 Å². The summed E-state index contributed by atoms with van der Waals surface area (Å²) in [6, 6.07) is 9.54. The summed E-state index contributed by atoms with van der Waals surface area (Å²) < 4.78 is 14.9. The molecule has 0 aliphatic carbocycles. The number of carboxylic acid groups (broad SMARTS) is 1. The Kier molecular flexibility index (Phi) is 6.32. The zero-order valence-electron chi connectivity index (χ0n) is 18.3. The standard InChI is InChI=1S/C25H28FNO4/c1-15-11-21-19(12-17(15)8-5-16-6-9-18(26)10-7-16)23(29)20(24(30)31)13-27(21)22(14-28)25(2,3)4/h6-7,9-13,22,28H,5,8,14H2,1-4H3,(H,30,31)/t22-/m1/s1. The highest BCUT2D eigenvalue weighted by Gasteiger charge is 2.28. The van der Waals surface area contributed by atoms with Crippen molar-refractivity contribution < 1.29 is 19.4 Å². The highest BCUT2D eigenvalue weighted by Crippen LogP contribution is 2.33. The first-order chi connectivity index (χ1) is 14.5. The SMILES string of the molecule is Cc1cc2c(cc1CCc1ccc(F)cc1)c(=O)c(C(=O)O)cn2[C@H](CO)C(C)(C)C. The molecule has 0 spiro atoms. The van der Waals surface area contributed by atoms with Crippen LogP contribution in [0.4, 0.5) is 4.39 Å². The maximum absolute atomic E-state index is 13.1. The molecular weight excluding hydrogens is 397 g/mol. The molecule has 0 aliphatic heterocycles. The van der Waals surface area contributed by atoms with E-state index in [1.54, 1.807) is 22.8 Å². The van der Waals surface area contributed by atoms with Gasteiger partial charge in [0.1, 0.15) is 11.4 Å². The van der Waals surface area contributed by atoms with E-state index in [4.69, 9.17) is 0 Å². The molecule has 0 saturated carbocycles. The molecule has 0 saturated heterocycles. The lowest BCUT2D eigenvalue weighted by Crippen LogP contribution is -2.30. The van der Waals surface area contributed by atoms with E-state index in [1.165, 1.54) is 18.3 Å². The van der Waals surface area contributed by atoms with E-state index >= 15 is 0 Å². The molecule has 1 atom stereocenters. The molecule has 2 N–H and O–H groups in total. The lowest BCUT2D eigenvalue weighted by molar-refractivity contribution is 0.0692. The quantitative estimate of drug-likeness (QED) is 0.609. The summed E-state index contributed by atoms with van der Waals surface area (Å²) in [5.41, 5.74) is 2.27. The number of aliphatic hydroxyl groups is 1. The third-order valence-electron chi connectivity index (χ3n) is 5.82. The Labute approximate surface area is 180 Å². The molecular formula is C25H28FNO4. The number of rotatable bonds is 6. The smallest absolute Gasteiger partial charge is 0.341 e. The summed E-state index contributed by atoms with van der Waals surface area (Å²) in [5, 5.41) is 20.0. The van der Waals surface area contributed by atoms with Crippen molar-refractivity contribution in [3.63, 3.8) is 0 Å². The molecule has 2 aromatic carbocycles. The van der Waals surface area contributed by atoms with Crippen molar-refractivity contribution in [2.45, 2.75) is 46.6 Å². The lowest BCUT2D eigenvalue weighted by Gasteiger charge is -2.33. The maximum Gasteiger partial charge on any atom is 0.341 e. The minimum Gasteiger partial charge on any atom is -0.477 e. The van der Waals surface area contributed by atoms with Crippen LogP contribution in [-0.2, 0) is 12.8 Å². The molecule has 6 heteroatoms. The highest BCUT2D eigenvalue weighted by atomic mass is 19.1. The Balaban J connectivity index is 2.16. The van der Waals surface area contributed by atoms with E-state index in [2.05, 4.69) is 0 Å². The van der Waals surface area contributed by atoms with Crippen LogP contribution in [-0.4, -0.2) is 27.4 Å². The second kappa shape index (κ2) is 8.63. The number of aryl methyl sites for hydroxylation is 3. The summed E-state index contributed by atoms with van der Waals surface area (Å²) in [6.45, 7) is 7.64. The molecule has 5 nitrogen and oxygen atoms in total. The van der Waals surface area contributed by atoms with Gasteiger partial charge in [0.25, 0.3) is 0 Å². The number of hydrogen-bond acceptors (Lipinski definition) is 3. The number of aromatic carboxylic acids is 1. The van der Waals surface area contributed by atoms with Gasteiger partial charge in [0.05, 0.1) is 18.2 Å². The number of nitrogens with zero attached hydrogens (tertiary/aromatic N) is 1. The van der Waals surface area contributed by atoms with Crippen molar-refractivity contribution in [2.24, 2.45) is 5.41 Å². The van der Waals surface area contributed by atoms with Gasteiger partial charge in [-0.25, -0.2) is 9.18 Å². The van der Waals surface area contributed by atoms with Crippen molar-refractivity contribution in [2.75, 3.05) is 6.61 Å². The fourth-order valence-electron chi connectivity index (χ4n) is 3.93. The molecule has 164 valence electrons. The highest BCUT2D eigenvalue weighted by molar-refractivity contribution is 5.93. The van der Waals surface area contributed by atoms with Crippen LogP contribution in [0.1, 0.15) is 53.9 Å². The molecule has 0 aliphatic rings. The van der Waals surface area contributed by atoms with Gasteiger partial charge < -0.3 is 14.8 Å². The normalized spacial score (nSPS) is 12.8. The fourth-order valence-corrected chi connectivity index (χ4v) is 3.93. The molecule has 1 aromatic heterocycles. The van der Waals surface area contributed by atoms with Crippen molar-refractivity contribution in [3.05, 3.63) is 80.9 Å². The van der Waals surface area contributed by atoms with Gasteiger partial charge in [-0.05, 0) is 66.1 Å². The molecule has 0 amide bonds. The van der Waals surface area contributed by atoms with Crippen molar-refractivity contribution in [1.82, 2.24) is 4.57 Å². The van der Waals surface area contributed by atoms with E-state index in [9.17, 15) is 24.2 Å².